The molecule has 0 unspecified atom stereocenters. The van der Waals surface area contributed by atoms with Crippen LogP contribution in [0.3, 0.4) is 0 Å². The van der Waals surface area contributed by atoms with Gasteiger partial charge in [0.1, 0.15) is 5.82 Å². The van der Waals surface area contributed by atoms with Gasteiger partial charge in [0.15, 0.2) is 5.65 Å². The average molecular weight is 369 g/mol. The van der Waals surface area contributed by atoms with Gasteiger partial charge >= 0.3 is 0 Å². The van der Waals surface area contributed by atoms with Crippen LogP contribution in [0.2, 0.25) is 0 Å². The molecule has 0 aliphatic heterocycles. The predicted octanol–water partition coefficient (Wildman–Crippen LogP) is 3.32. The van der Waals surface area contributed by atoms with Crippen molar-refractivity contribution in [2.45, 2.75) is 5.75 Å². The van der Waals surface area contributed by atoms with Crippen LogP contribution in [0.25, 0.3) is 11.0 Å². The summed E-state index contributed by atoms with van der Waals surface area (Å²) in [6.45, 7) is 0. The quantitative estimate of drug-likeness (QED) is 0.712. The Morgan fingerprint density at radius 3 is 2.67 bits per heavy atom. The van der Waals surface area contributed by atoms with Gasteiger partial charge in [-0.3, -0.25) is 0 Å². The molecule has 0 fully saturated rings. The summed E-state index contributed by atoms with van der Waals surface area (Å²) in [6, 6.07) is 10.1. The minimum Gasteiger partial charge on any atom is -0.234 e. The molecule has 4 nitrogen and oxygen atoms in total. The number of halogens is 2. The van der Waals surface area contributed by atoms with Gasteiger partial charge in [0.2, 0.25) is 10.0 Å². The van der Waals surface area contributed by atoms with E-state index in [4.69, 9.17) is 0 Å². The Bertz CT molecular complexity index is 907. The molecule has 0 spiro atoms. The fraction of sp³-hybridized carbons (Fsp3) is 0.0714. The van der Waals surface area contributed by atoms with Crippen LogP contribution in [0.4, 0.5) is 4.39 Å². The molecule has 7 heteroatoms. The maximum absolute atomic E-state index is 13.2. The lowest BCUT2D eigenvalue weighted by atomic mass is 10.2. The summed E-state index contributed by atoms with van der Waals surface area (Å²) in [5.74, 6) is -0.662. The molecule has 2 heterocycles. The SMILES string of the molecule is O=S(=O)(Cc1ccccc1)n1cc(Br)c2cc(F)cnc21. The third-order valence-corrected chi connectivity index (χ3v) is 5.23. The van der Waals surface area contributed by atoms with Crippen LogP contribution in [0, 0.1) is 5.82 Å². The van der Waals surface area contributed by atoms with E-state index in [1.54, 1.807) is 24.3 Å². The van der Waals surface area contributed by atoms with Crippen molar-refractivity contribution < 1.29 is 12.8 Å². The molecule has 0 bridgehead atoms. The van der Waals surface area contributed by atoms with Crippen LogP contribution in [-0.4, -0.2) is 17.4 Å². The second kappa shape index (κ2) is 5.23. The first-order valence-corrected chi connectivity index (χ1v) is 8.47. The topological polar surface area (TPSA) is 52.0 Å². The molecule has 0 saturated carbocycles. The highest BCUT2D eigenvalue weighted by atomic mass is 79.9. The standard InChI is InChI=1S/C14H10BrFN2O2S/c15-13-8-18(14-12(13)6-11(16)7-17-14)21(19,20)9-10-4-2-1-3-5-10/h1-8H,9H2. The maximum Gasteiger partial charge on any atom is 0.244 e. The molecule has 3 rings (SSSR count). The van der Waals surface area contributed by atoms with Crippen molar-refractivity contribution in [3.8, 4) is 0 Å². The van der Waals surface area contributed by atoms with Crippen molar-refractivity contribution in [1.29, 1.82) is 0 Å². The molecule has 0 radical (unpaired) electrons. The van der Waals surface area contributed by atoms with Crippen LogP contribution in [0.1, 0.15) is 5.56 Å². The van der Waals surface area contributed by atoms with Crippen LogP contribution in [0.5, 0.6) is 0 Å². The van der Waals surface area contributed by atoms with Crippen LogP contribution < -0.4 is 0 Å². The van der Waals surface area contributed by atoms with Gasteiger partial charge in [-0.15, -0.1) is 0 Å². The predicted molar refractivity (Wildman–Crippen MR) is 81.9 cm³/mol. The zero-order valence-corrected chi connectivity index (χ0v) is 13.1. The van der Waals surface area contributed by atoms with Gasteiger partial charge in [-0.05, 0) is 27.6 Å². The zero-order chi connectivity index (χ0) is 15.0. The fourth-order valence-corrected chi connectivity index (χ4v) is 4.14. The molecular formula is C14H10BrFN2O2S. The van der Waals surface area contributed by atoms with Crippen molar-refractivity contribution in [3.63, 3.8) is 0 Å². The van der Waals surface area contributed by atoms with E-state index in [9.17, 15) is 12.8 Å². The van der Waals surface area contributed by atoms with Gasteiger partial charge < -0.3 is 0 Å². The maximum atomic E-state index is 13.2. The first-order chi connectivity index (χ1) is 9.97. The van der Waals surface area contributed by atoms with E-state index in [1.165, 1.54) is 12.3 Å². The molecule has 0 saturated heterocycles. The number of hydrogen-bond donors (Lipinski definition) is 0. The molecule has 0 aliphatic rings. The van der Waals surface area contributed by atoms with Gasteiger partial charge in [0.05, 0.1) is 11.9 Å². The number of rotatable bonds is 3. The molecule has 0 atom stereocenters. The molecule has 1 aromatic carbocycles. The first kappa shape index (κ1) is 14.2. The lowest BCUT2D eigenvalue weighted by Crippen LogP contribution is -2.14. The summed E-state index contributed by atoms with van der Waals surface area (Å²) in [5, 5.41) is 0.423. The number of nitrogens with zero attached hydrogens (tertiary/aromatic N) is 2. The average Bonchev–Trinajstić information content (AvgIpc) is 2.77. The highest BCUT2D eigenvalue weighted by Gasteiger charge is 2.20. The van der Waals surface area contributed by atoms with E-state index in [0.717, 1.165) is 10.2 Å². The van der Waals surface area contributed by atoms with Crippen molar-refractivity contribution in [2.24, 2.45) is 0 Å². The van der Waals surface area contributed by atoms with E-state index in [1.807, 2.05) is 6.07 Å². The van der Waals surface area contributed by atoms with Gasteiger partial charge in [0.25, 0.3) is 0 Å². The summed E-state index contributed by atoms with van der Waals surface area (Å²) in [6.07, 6.45) is 2.40. The Morgan fingerprint density at radius 1 is 1.24 bits per heavy atom. The lowest BCUT2D eigenvalue weighted by molar-refractivity contribution is 0.587. The van der Waals surface area contributed by atoms with Crippen molar-refractivity contribution in [2.75, 3.05) is 0 Å². The van der Waals surface area contributed by atoms with Crippen molar-refractivity contribution >= 4 is 37.0 Å². The summed E-state index contributed by atoms with van der Waals surface area (Å²) in [7, 11) is -3.63. The van der Waals surface area contributed by atoms with Gasteiger partial charge in [-0.1, -0.05) is 30.3 Å². The Labute approximate surface area is 129 Å². The summed E-state index contributed by atoms with van der Waals surface area (Å²) < 4.78 is 39.8. The van der Waals surface area contributed by atoms with Gasteiger partial charge in [0, 0.05) is 16.1 Å². The molecule has 3 aromatic rings. The molecule has 0 aliphatic carbocycles. The minimum absolute atomic E-state index is 0.150. The minimum atomic E-state index is -3.63. The number of benzene rings is 1. The molecule has 21 heavy (non-hydrogen) atoms. The Kier molecular flexibility index (Phi) is 3.54. The number of pyridine rings is 1. The van der Waals surface area contributed by atoms with Crippen molar-refractivity contribution in [1.82, 2.24) is 8.96 Å². The van der Waals surface area contributed by atoms with E-state index in [0.29, 0.717) is 15.4 Å². The van der Waals surface area contributed by atoms with Gasteiger partial charge in [-0.25, -0.2) is 21.8 Å². The second-order valence-electron chi connectivity index (χ2n) is 4.54. The Morgan fingerprint density at radius 2 is 1.95 bits per heavy atom. The lowest BCUT2D eigenvalue weighted by Gasteiger charge is -2.06. The van der Waals surface area contributed by atoms with E-state index in [-0.39, 0.29) is 11.4 Å². The third kappa shape index (κ3) is 2.71. The molecule has 0 amide bonds. The monoisotopic (exact) mass is 368 g/mol. The first-order valence-electron chi connectivity index (χ1n) is 6.07. The third-order valence-electron chi connectivity index (χ3n) is 3.02. The number of fused-ring (bicyclic) bond motifs is 1. The fourth-order valence-electron chi connectivity index (χ4n) is 2.08. The van der Waals surface area contributed by atoms with Crippen LogP contribution in [0.15, 0.2) is 53.3 Å². The van der Waals surface area contributed by atoms with E-state index < -0.39 is 15.8 Å². The van der Waals surface area contributed by atoms with Crippen LogP contribution >= 0.6 is 15.9 Å². The summed E-state index contributed by atoms with van der Waals surface area (Å²) in [4.78, 5) is 3.89. The smallest absolute Gasteiger partial charge is 0.234 e. The van der Waals surface area contributed by atoms with Crippen LogP contribution in [-0.2, 0) is 15.8 Å². The zero-order valence-electron chi connectivity index (χ0n) is 10.7. The molecule has 0 N–H and O–H groups in total. The van der Waals surface area contributed by atoms with E-state index in [2.05, 4.69) is 20.9 Å². The molecule has 108 valence electrons. The highest BCUT2D eigenvalue weighted by molar-refractivity contribution is 9.10. The Balaban J connectivity index is 2.11. The summed E-state index contributed by atoms with van der Waals surface area (Å²) in [5.41, 5.74) is 0.886. The van der Waals surface area contributed by atoms with Gasteiger partial charge in [-0.2, -0.15) is 0 Å². The second-order valence-corrected chi connectivity index (χ2v) is 7.24. The molecular weight excluding hydrogens is 359 g/mol. The largest absolute Gasteiger partial charge is 0.244 e. The normalized spacial score (nSPS) is 11.9. The Hall–Kier alpha value is -1.73. The number of hydrogen-bond acceptors (Lipinski definition) is 3. The van der Waals surface area contributed by atoms with Crippen molar-refractivity contribution in [3.05, 3.63) is 64.6 Å². The summed E-state index contributed by atoms with van der Waals surface area (Å²) >= 11 is 3.24. The number of aromatic nitrogens is 2. The highest BCUT2D eigenvalue weighted by Crippen LogP contribution is 2.27. The van der Waals surface area contributed by atoms with E-state index >= 15 is 0 Å². The molecule has 2 aromatic heterocycles.